The number of anilines is 1. The molecule has 0 saturated carbocycles. The van der Waals surface area contributed by atoms with Gasteiger partial charge in [0.1, 0.15) is 0 Å². The Labute approximate surface area is 143 Å². The van der Waals surface area contributed by atoms with E-state index in [9.17, 15) is 9.59 Å². The van der Waals surface area contributed by atoms with Crippen LogP contribution in [0.3, 0.4) is 0 Å². The van der Waals surface area contributed by atoms with Crippen LogP contribution in [0.2, 0.25) is 0 Å². The van der Waals surface area contributed by atoms with E-state index in [1.54, 1.807) is 6.07 Å². The molecule has 124 valence electrons. The van der Waals surface area contributed by atoms with Gasteiger partial charge in [-0.25, -0.2) is 4.98 Å². The normalized spacial score (nSPS) is 11.1. The number of nitrogens with one attached hydrogen (secondary N) is 2. The number of benzene rings is 2. The minimum absolute atomic E-state index is 0.312. The first-order valence-corrected chi connectivity index (χ1v) is 8.06. The standard InChI is InChI=1S/C19H16N4O2/c1-2-23-16-10-6-5-9-15(16)21-19(23)22-18(25)13-11-17(24)20-14-8-4-3-7-12(13)14/h3-11H,2H2,1H3,(H,20,24)(H,21,22,25). The Kier molecular flexibility index (Phi) is 3.57. The molecule has 25 heavy (non-hydrogen) atoms. The van der Waals surface area contributed by atoms with E-state index in [2.05, 4.69) is 15.3 Å². The summed E-state index contributed by atoms with van der Waals surface area (Å²) in [6.45, 7) is 2.67. The number of fused-ring (bicyclic) bond motifs is 2. The fourth-order valence-corrected chi connectivity index (χ4v) is 3.05. The number of carbonyl (C=O) groups is 1. The second kappa shape index (κ2) is 5.90. The topological polar surface area (TPSA) is 79.8 Å². The predicted molar refractivity (Wildman–Crippen MR) is 97.9 cm³/mol. The van der Waals surface area contributed by atoms with Gasteiger partial charge in [0.15, 0.2) is 0 Å². The predicted octanol–water partition coefficient (Wildman–Crippen LogP) is 3.15. The summed E-state index contributed by atoms with van der Waals surface area (Å²) in [5.41, 5.74) is 2.41. The van der Waals surface area contributed by atoms with Crippen molar-refractivity contribution in [3.63, 3.8) is 0 Å². The molecule has 4 aromatic rings. The van der Waals surface area contributed by atoms with Crippen LogP contribution in [0.25, 0.3) is 21.9 Å². The van der Waals surface area contributed by atoms with Crippen LogP contribution in [0.4, 0.5) is 5.95 Å². The number of hydrogen-bond donors (Lipinski definition) is 2. The molecule has 2 heterocycles. The number of amides is 1. The van der Waals surface area contributed by atoms with Crippen LogP contribution in [-0.4, -0.2) is 20.4 Å². The van der Waals surface area contributed by atoms with Crippen molar-refractivity contribution in [3.8, 4) is 0 Å². The Morgan fingerprint density at radius 2 is 1.92 bits per heavy atom. The molecule has 0 bridgehead atoms. The van der Waals surface area contributed by atoms with Crippen LogP contribution < -0.4 is 10.9 Å². The number of aromatic amines is 1. The van der Waals surface area contributed by atoms with Crippen molar-refractivity contribution in [3.05, 3.63) is 70.5 Å². The Balaban J connectivity index is 1.80. The number of aromatic nitrogens is 3. The highest BCUT2D eigenvalue weighted by atomic mass is 16.2. The molecule has 1 amide bonds. The summed E-state index contributed by atoms with van der Waals surface area (Å²) in [4.78, 5) is 31.9. The van der Waals surface area contributed by atoms with Gasteiger partial charge in [0.2, 0.25) is 11.5 Å². The number of rotatable bonds is 3. The number of aryl methyl sites for hydroxylation is 1. The number of hydrogen-bond acceptors (Lipinski definition) is 3. The minimum Gasteiger partial charge on any atom is -0.322 e. The second-order valence-corrected chi connectivity index (χ2v) is 5.72. The van der Waals surface area contributed by atoms with E-state index in [1.165, 1.54) is 6.07 Å². The summed E-state index contributed by atoms with van der Waals surface area (Å²) in [5.74, 6) is 0.116. The Bertz CT molecular complexity index is 1160. The first-order chi connectivity index (χ1) is 12.2. The average molecular weight is 332 g/mol. The zero-order valence-electron chi connectivity index (χ0n) is 13.6. The van der Waals surface area contributed by atoms with Gasteiger partial charge in [0.25, 0.3) is 5.91 Å². The number of pyridine rings is 1. The number of imidazole rings is 1. The highest BCUT2D eigenvalue weighted by Gasteiger charge is 2.16. The van der Waals surface area contributed by atoms with Gasteiger partial charge in [0.05, 0.1) is 16.6 Å². The van der Waals surface area contributed by atoms with Crippen LogP contribution >= 0.6 is 0 Å². The molecule has 6 heteroatoms. The molecule has 0 fully saturated rings. The van der Waals surface area contributed by atoms with E-state index in [1.807, 2.05) is 54.0 Å². The van der Waals surface area contributed by atoms with Crippen molar-refractivity contribution in [2.75, 3.05) is 5.32 Å². The fourth-order valence-electron chi connectivity index (χ4n) is 3.05. The van der Waals surface area contributed by atoms with Gasteiger partial charge in [-0.05, 0) is 25.1 Å². The Morgan fingerprint density at radius 1 is 1.16 bits per heavy atom. The molecular formula is C19H16N4O2. The first kappa shape index (κ1) is 15.1. The van der Waals surface area contributed by atoms with Gasteiger partial charge in [0, 0.05) is 23.5 Å². The summed E-state index contributed by atoms with van der Waals surface area (Å²) < 4.78 is 1.93. The van der Waals surface area contributed by atoms with Crippen LogP contribution in [0, 0.1) is 0 Å². The van der Waals surface area contributed by atoms with E-state index in [-0.39, 0.29) is 11.5 Å². The molecule has 0 atom stereocenters. The summed E-state index contributed by atoms with van der Waals surface area (Å²) >= 11 is 0. The van der Waals surface area contributed by atoms with Crippen molar-refractivity contribution in [1.29, 1.82) is 0 Å². The molecule has 0 aliphatic rings. The molecule has 0 unspecified atom stereocenters. The third-order valence-electron chi connectivity index (χ3n) is 4.19. The lowest BCUT2D eigenvalue weighted by Crippen LogP contribution is -2.19. The van der Waals surface area contributed by atoms with Gasteiger partial charge in [-0.3, -0.25) is 14.9 Å². The van der Waals surface area contributed by atoms with E-state index in [4.69, 9.17) is 0 Å². The van der Waals surface area contributed by atoms with E-state index >= 15 is 0 Å². The molecule has 2 aromatic carbocycles. The molecule has 0 radical (unpaired) electrons. The van der Waals surface area contributed by atoms with Gasteiger partial charge < -0.3 is 9.55 Å². The number of carbonyl (C=O) groups excluding carboxylic acids is 1. The van der Waals surface area contributed by atoms with Gasteiger partial charge in [-0.15, -0.1) is 0 Å². The van der Waals surface area contributed by atoms with Gasteiger partial charge >= 0.3 is 0 Å². The van der Waals surface area contributed by atoms with Crippen molar-refractivity contribution in [2.24, 2.45) is 0 Å². The molecule has 0 aliphatic heterocycles. The van der Waals surface area contributed by atoms with Crippen molar-refractivity contribution >= 4 is 33.8 Å². The zero-order chi connectivity index (χ0) is 17.4. The maximum Gasteiger partial charge on any atom is 0.258 e. The average Bonchev–Trinajstić information content (AvgIpc) is 2.97. The van der Waals surface area contributed by atoms with Crippen LogP contribution in [-0.2, 0) is 6.54 Å². The van der Waals surface area contributed by atoms with Crippen molar-refractivity contribution < 1.29 is 4.79 Å². The molecule has 2 N–H and O–H groups in total. The maximum atomic E-state index is 12.8. The smallest absolute Gasteiger partial charge is 0.258 e. The summed E-state index contributed by atoms with van der Waals surface area (Å²) in [5, 5.41) is 3.54. The molecule has 4 rings (SSSR count). The van der Waals surface area contributed by atoms with Crippen LogP contribution in [0.15, 0.2) is 59.4 Å². The Morgan fingerprint density at radius 3 is 2.76 bits per heavy atom. The lowest BCUT2D eigenvalue weighted by molar-refractivity contribution is 0.102. The van der Waals surface area contributed by atoms with Gasteiger partial charge in [-0.1, -0.05) is 30.3 Å². The highest BCUT2D eigenvalue weighted by molar-refractivity contribution is 6.12. The highest BCUT2D eigenvalue weighted by Crippen LogP contribution is 2.21. The Hall–Kier alpha value is -3.41. The summed E-state index contributed by atoms with van der Waals surface area (Å²) in [6.07, 6.45) is 0. The number of nitrogens with zero attached hydrogens (tertiary/aromatic N) is 2. The molecule has 0 aliphatic carbocycles. The molecule has 0 saturated heterocycles. The van der Waals surface area contributed by atoms with Crippen LogP contribution in [0.5, 0.6) is 0 Å². The SMILES string of the molecule is CCn1c(NC(=O)c2cc(=O)[nH]c3ccccc23)nc2ccccc21. The monoisotopic (exact) mass is 332 g/mol. The van der Waals surface area contributed by atoms with E-state index < -0.39 is 0 Å². The lowest BCUT2D eigenvalue weighted by atomic mass is 10.1. The summed E-state index contributed by atoms with van der Waals surface area (Å²) in [7, 11) is 0. The molecular weight excluding hydrogens is 316 g/mol. The van der Waals surface area contributed by atoms with Crippen molar-refractivity contribution in [1.82, 2.24) is 14.5 Å². The van der Waals surface area contributed by atoms with E-state index in [0.717, 1.165) is 11.0 Å². The number of para-hydroxylation sites is 3. The molecule has 6 nitrogen and oxygen atoms in total. The quantitative estimate of drug-likeness (QED) is 0.605. The van der Waals surface area contributed by atoms with E-state index in [0.29, 0.717) is 29.0 Å². The van der Waals surface area contributed by atoms with Crippen LogP contribution in [0.1, 0.15) is 17.3 Å². The molecule has 2 aromatic heterocycles. The number of H-pyrrole nitrogens is 1. The summed E-state index contributed by atoms with van der Waals surface area (Å²) in [6, 6.07) is 16.3. The molecule has 0 spiro atoms. The fraction of sp³-hybridized carbons (Fsp3) is 0.105. The third kappa shape index (κ3) is 2.57. The zero-order valence-corrected chi connectivity index (χ0v) is 13.6. The maximum absolute atomic E-state index is 12.8. The largest absolute Gasteiger partial charge is 0.322 e. The van der Waals surface area contributed by atoms with Gasteiger partial charge in [-0.2, -0.15) is 0 Å². The second-order valence-electron chi connectivity index (χ2n) is 5.72. The third-order valence-corrected chi connectivity index (χ3v) is 4.19. The lowest BCUT2D eigenvalue weighted by Gasteiger charge is -2.09. The minimum atomic E-state index is -0.354. The van der Waals surface area contributed by atoms with Crippen molar-refractivity contribution in [2.45, 2.75) is 13.5 Å². The first-order valence-electron chi connectivity index (χ1n) is 8.06.